The fourth-order valence-corrected chi connectivity index (χ4v) is 8.79. The molecule has 0 unspecified atom stereocenters. The van der Waals surface area contributed by atoms with Gasteiger partial charge in [-0.1, -0.05) is 0 Å². The van der Waals surface area contributed by atoms with Gasteiger partial charge in [0, 0.05) is 27.8 Å². The van der Waals surface area contributed by atoms with Gasteiger partial charge in [-0.3, -0.25) is 13.7 Å². The lowest BCUT2D eigenvalue weighted by atomic mass is 10.1. The lowest BCUT2D eigenvalue weighted by Gasteiger charge is -2.11. The molecule has 8 aromatic rings. The van der Waals surface area contributed by atoms with Gasteiger partial charge in [-0.2, -0.15) is 45.7 Å². The van der Waals surface area contributed by atoms with Crippen LogP contribution >= 0.6 is 0 Å². The van der Waals surface area contributed by atoms with Gasteiger partial charge < -0.3 is 38.5 Å². The van der Waals surface area contributed by atoms with E-state index in [0.29, 0.717) is 22.7 Å². The highest BCUT2D eigenvalue weighted by molar-refractivity contribution is 7.86. The summed E-state index contributed by atoms with van der Waals surface area (Å²) in [6, 6.07) is 28.8. The molecule has 0 bridgehead atoms. The Morgan fingerprint density at radius 2 is 0.789 bits per heavy atom. The highest BCUT2D eigenvalue weighted by Crippen LogP contribution is 2.45. The summed E-state index contributed by atoms with van der Waals surface area (Å²) >= 11 is 0. The molecule has 71 heavy (non-hydrogen) atoms. The summed E-state index contributed by atoms with van der Waals surface area (Å²) < 4.78 is 106. The molecule has 0 atom stereocenters. The van der Waals surface area contributed by atoms with E-state index in [1.54, 1.807) is 24.3 Å². The average Bonchev–Trinajstić information content (AvgIpc) is 3.30. The highest BCUT2D eigenvalue weighted by atomic mass is 32.2. The number of hydrogen-bond donors (Lipinski definition) is 10. The number of phenolic OH excluding ortho intramolecular Hbond substituents is 2. The molecule has 0 fully saturated rings. The molecule has 8 rings (SSSR count). The van der Waals surface area contributed by atoms with Crippen LogP contribution in [0.1, 0.15) is 0 Å². The third kappa shape index (κ3) is 10.8. The molecule has 0 amide bonds. The summed E-state index contributed by atoms with van der Waals surface area (Å²) in [5.41, 5.74) is 24.4. The topological polar surface area (TPSA) is 419 Å². The molecule has 24 nitrogen and oxygen atoms in total. The van der Waals surface area contributed by atoms with Crippen LogP contribution in [-0.2, 0) is 30.4 Å². The van der Waals surface area contributed by atoms with Crippen LogP contribution in [-0.4, -0.2) is 49.1 Å². The Hall–Kier alpha value is -8.99. The fraction of sp³-hybridized carbons (Fsp3) is 0. The van der Waals surface area contributed by atoms with E-state index in [0.717, 1.165) is 18.2 Å². The Balaban J connectivity index is 1.03. The predicted octanol–water partition coefficient (Wildman–Crippen LogP) is 10.9. The first kappa shape index (κ1) is 48.5. The molecule has 0 aliphatic rings. The average molecular weight is 1020 g/mol. The summed E-state index contributed by atoms with van der Waals surface area (Å²) in [5.74, 6) is -1.35. The molecule has 0 radical (unpaired) electrons. The van der Waals surface area contributed by atoms with Crippen LogP contribution in [0.2, 0.25) is 0 Å². The molecular weight excluding hydrogens is 983 g/mol. The summed E-state index contributed by atoms with van der Waals surface area (Å²) in [6.07, 6.45) is 0. The number of nitrogen functional groups attached to an aromatic ring is 4. The van der Waals surface area contributed by atoms with E-state index in [-0.39, 0.29) is 67.0 Å². The number of rotatable bonds is 13. The molecule has 0 aliphatic heterocycles. The predicted molar refractivity (Wildman–Crippen MR) is 264 cm³/mol. The molecule has 0 heterocycles. The minimum absolute atomic E-state index is 0.0650. The van der Waals surface area contributed by atoms with E-state index < -0.39 is 67.9 Å². The number of nitrogens with one attached hydrogen (secondary N) is 1. The molecule has 14 N–H and O–H groups in total. The molecule has 360 valence electrons. The Labute approximate surface area is 401 Å². The molecule has 0 aromatic heterocycles. The smallest absolute Gasteiger partial charge is 0.296 e. The lowest BCUT2D eigenvalue weighted by Crippen LogP contribution is -2.03. The van der Waals surface area contributed by atoms with Crippen LogP contribution in [0.4, 0.5) is 79.6 Å². The zero-order chi connectivity index (χ0) is 51.0. The van der Waals surface area contributed by atoms with E-state index >= 15 is 0 Å². The molecule has 8 aromatic carbocycles. The number of fused-ring (bicyclic) bond motifs is 2. The van der Waals surface area contributed by atoms with Crippen molar-refractivity contribution >= 4 is 132 Å². The second-order valence-corrected chi connectivity index (χ2v) is 19.3. The Kier molecular flexibility index (Phi) is 12.9. The Morgan fingerprint density at radius 3 is 1.23 bits per heavy atom. The third-order valence-electron chi connectivity index (χ3n) is 10.2. The van der Waals surface area contributed by atoms with Gasteiger partial charge in [-0.25, -0.2) is 0 Å². The SMILES string of the molecule is Nc1ccc(N=Nc2ccc3c(O)c(N=Nc4ccc(Nc5ccc(N=Nc6c(S(=O)(=O)O)cc7cc(N=Nc8ccc(N)cc8N)ccc7c6O)cc5S(=O)(=O)O)cc4)c(S(=O)(=O)O)cc3c2)c(N)c1. The van der Waals surface area contributed by atoms with Gasteiger partial charge in [0.05, 0.1) is 39.8 Å². The van der Waals surface area contributed by atoms with Crippen molar-refractivity contribution in [2.45, 2.75) is 14.7 Å². The maximum Gasteiger partial charge on any atom is 0.296 e. The van der Waals surface area contributed by atoms with E-state index in [1.807, 2.05) is 0 Å². The third-order valence-corrected chi connectivity index (χ3v) is 12.8. The maximum atomic E-state index is 12.6. The van der Waals surface area contributed by atoms with Crippen molar-refractivity contribution < 1.29 is 49.1 Å². The van der Waals surface area contributed by atoms with Gasteiger partial charge in [0.1, 0.15) is 37.4 Å². The van der Waals surface area contributed by atoms with Gasteiger partial charge >= 0.3 is 0 Å². The van der Waals surface area contributed by atoms with Crippen molar-refractivity contribution in [3.05, 3.63) is 127 Å². The van der Waals surface area contributed by atoms with Crippen molar-refractivity contribution in [3.8, 4) is 11.5 Å². The second kappa shape index (κ2) is 18.8. The van der Waals surface area contributed by atoms with E-state index in [9.17, 15) is 49.1 Å². The fourth-order valence-electron chi connectivity index (χ4n) is 6.81. The quantitative estimate of drug-likeness (QED) is 0.0291. The van der Waals surface area contributed by atoms with Crippen molar-refractivity contribution in [2.75, 3.05) is 28.3 Å². The molecule has 27 heteroatoms. The minimum atomic E-state index is -5.06. The van der Waals surface area contributed by atoms with Crippen LogP contribution in [0.5, 0.6) is 11.5 Å². The summed E-state index contributed by atoms with van der Waals surface area (Å²) in [5, 5.41) is 57.6. The zero-order valence-corrected chi connectivity index (χ0v) is 38.4. The van der Waals surface area contributed by atoms with E-state index in [4.69, 9.17) is 22.9 Å². The standard InChI is InChI=1S/C44H35N13O11S3/c45-24-1-12-35(33(47)19-24)54-51-28-7-10-31-22(15-28)17-39(70(63,64)65)41(43(31)58)56-50-27-5-3-26(4-6-27)49-37-14-9-30(21-38(37)69(60,61)62)53-57-42-40(71(66,67)68)18-23-16-29(8-11-32(23)44(42)59)52-55-36-13-2-25(46)20-34(36)48/h1-21,49,58-59H,45-48H2,(H,60,61,62)(H,63,64,65)(H,66,67,68). The van der Waals surface area contributed by atoms with Crippen molar-refractivity contribution in [3.63, 3.8) is 0 Å². The molecule has 0 saturated carbocycles. The Bertz CT molecular complexity index is 3970. The highest BCUT2D eigenvalue weighted by Gasteiger charge is 2.24. The van der Waals surface area contributed by atoms with E-state index in [1.165, 1.54) is 84.9 Å². The first-order chi connectivity index (χ1) is 33.5. The summed E-state index contributed by atoms with van der Waals surface area (Å²) in [7, 11) is -15.0. The number of hydrogen-bond acceptors (Lipinski definition) is 21. The molecule has 0 saturated heterocycles. The van der Waals surface area contributed by atoms with Gasteiger partial charge in [0.2, 0.25) is 0 Å². The zero-order valence-electron chi connectivity index (χ0n) is 35.9. The molecule has 0 spiro atoms. The summed E-state index contributed by atoms with van der Waals surface area (Å²) in [4.78, 5) is -2.33. The lowest BCUT2D eigenvalue weighted by molar-refractivity contribution is 0.471. The first-order valence-corrected chi connectivity index (χ1v) is 24.3. The molecule has 0 aliphatic carbocycles. The Morgan fingerprint density at radius 1 is 0.394 bits per heavy atom. The van der Waals surface area contributed by atoms with Gasteiger partial charge in [-0.15, -0.1) is 20.5 Å². The minimum Gasteiger partial charge on any atom is -0.505 e. The largest absolute Gasteiger partial charge is 0.505 e. The number of aromatic hydroxyl groups is 2. The van der Waals surface area contributed by atoms with Crippen LogP contribution in [0, 0.1) is 0 Å². The number of benzene rings is 8. The van der Waals surface area contributed by atoms with E-state index in [2.05, 4.69) is 46.2 Å². The van der Waals surface area contributed by atoms with Gasteiger partial charge in [-0.05, 0) is 138 Å². The van der Waals surface area contributed by atoms with Crippen LogP contribution in [0.25, 0.3) is 21.5 Å². The number of anilines is 6. The van der Waals surface area contributed by atoms with Gasteiger partial charge in [0.25, 0.3) is 30.4 Å². The number of azo groups is 4. The first-order valence-electron chi connectivity index (χ1n) is 20.0. The van der Waals surface area contributed by atoms with Crippen LogP contribution in [0.15, 0.2) is 183 Å². The normalized spacial score (nSPS) is 12.6. The second-order valence-electron chi connectivity index (χ2n) is 15.2. The number of phenols is 2. The van der Waals surface area contributed by atoms with Crippen molar-refractivity contribution in [2.24, 2.45) is 40.9 Å². The van der Waals surface area contributed by atoms with Crippen LogP contribution in [0.3, 0.4) is 0 Å². The summed E-state index contributed by atoms with van der Waals surface area (Å²) in [6.45, 7) is 0. The van der Waals surface area contributed by atoms with Gasteiger partial charge in [0.15, 0.2) is 11.5 Å². The number of nitrogens with two attached hydrogens (primary N) is 4. The number of nitrogens with zero attached hydrogens (tertiary/aromatic N) is 8. The maximum absolute atomic E-state index is 12.6. The van der Waals surface area contributed by atoms with Crippen molar-refractivity contribution in [1.82, 2.24) is 0 Å². The monoisotopic (exact) mass is 1020 g/mol. The van der Waals surface area contributed by atoms with Crippen molar-refractivity contribution in [1.29, 1.82) is 0 Å². The molecular formula is C44H35N13O11S3. The van der Waals surface area contributed by atoms with Crippen LogP contribution < -0.4 is 28.3 Å².